The average molecular weight is 349 g/mol. The Bertz CT molecular complexity index is 640. The van der Waals surface area contributed by atoms with Crippen LogP contribution < -0.4 is 10.2 Å². The second-order valence-corrected chi connectivity index (χ2v) is 6.49. The minimum atomic E-state index is -0.660. The number of ether oxygens (including phenoxy) is 1. The fourth-order valence-electron chi connectivity index (χ4n) is 3.26. The molecule has 1 aromatic carbocycles. The summed E-state index contributed by atoms with van der Waals surface area (Å²) in [6, 6.07) is 3.84. The van der Waals surface area contributed by atoms with E-state index in [1.165, 1.54) is 6.07 Å². The van der Waals surface area contributed by atoms with Gasteiger partial charge in [-0.3, -0.25) is 9.59 Å². The van der Waals surface area contributed by atoms with E-state index in [9.17, 15) is 14.0 Å². The number of carbonyl (C=O) groups is 2. The zero-order valence-corrected chi connectivity index (χ0v) is 14.5. The van der Waals surface area contributed by atoms with Crippen molar-refractivity contribution in [2.75, 3.05) is 44.3 Å². The molecule has 2 aliphatic rings. The first-order valence-corrected chi connectivity index (χ1v) is 8.78. The number of hydrogen-bond acceptors (Lipinski definition) is 4. The zero-order valence-electron chi connectivity index (χ0n) is 14.5. The van der Waals surface area contributed by atoms with Crippen molar-refractivity contribution in [2.45, 2.75) is 25.8 Å². The maximum Gasteiger partial charge on any atom is 0.252 e. The van der Waals surface area contributed by atoms with Crippen molar-refractivity contribution < 1.29 is 18.7 Å². The van der Waals surface area contributed by atoms with Crippen molar-refractivity contribution in [3.05, 3.63) is 29.6 Å². The first-order valence-electron chi connectivity index (χ1n) is 8.78. The van der Waals surface area contributed by atoms with Gasteiger partial charge < -0.3 is 19.9 Å². The molecule has 0 saturated carbocycles. The molecule has 25 heavy (non-hydrogen) atoms. The van der Waals surface area contributed by atoms with E-state index in [4.69, 9.17) is 4.74 Å². The van der Waals surface area contributed by atoms with Crippen molar-refractivity contribution in [1.82, 2.24) is 10.2 Å². The number of rotatable bonds is 4. The molecule has 1 aromatic rings. The quantitative estimate of drug-likeness (QED) is 0.893. The first-order chi connectivity index (χ1) is 12.1. The summed E-state index contributed by atoms with van der Waals surface area (Å²) >= 11 is 0. The van der Waals surface area contributed by atoms with Crippen LogP contribution in [-0.2, 0) is 9.53 Å². The van der Waals surface area contributed by atoms with Crippen LogP contribution in [0.2, 0.25) is 0 Å². The molecule has 2 amide bonds. The van der Waals surface area contributed by atoms with Gasteiger partial charge >= 0.3 is 0 Å². The SMILES string of the molecule is CC(NC(=O)c1ccc(N2CCCC2)c(F)c1)C(=O)N1CCOCC1. The molecule has 2 heterocycles. The third-order valence-electron chi connectivity index (χ3n) is 4.70. The average Bonchev–Trinajstić information content (AvgIpc) is 3.16. The summed E-state index contributed by atoms with van der Waals surface area (Å²) in [6.07, 6.45) is 2.12. The minimum Gasteiger partial charge on any atom is -0.378 e. The number of nitrogens with zero attached hydrogens (tertiary/aromatic N) is 2. The second-order valence-electron chi connectivity index (χ2n) is 6.49. The van der Waals surface area contributed by atoms with Gasteiger partial charge in [-0.05, 0) is 38.0 Å². The minimum absolute atomic E-state index is 0.147. The standard InChI is InChI=1S/C18H24FN3O3/c1-13(18(24)22-8-10-25-11-9-22)20-17(23)14-4-5-16(15(19)12-14)21-6-2-3-7-21/h4-5,12-13H,2-3,6-11H2,1H3,(H,20,23). The van der Waals surface area contributed by atoms with Gasteiger partial charge in [-0.1, -0.05) is 0 Å². The fraction of sp³-hybridized carbons (Fsp3) is 0.556. The Morgan fingerprint density at radius 1 is 1.16 bits per heavy atom. The van der Waals surface area contributed by atoms with Crippen LogP contribution in [0.25, 0.3) is 0 Å². The molecule has 7 heteroatoms. The molecule has 0 aromatic heterocycles. The molecule has 1 unspecified atom stereocenters. The van der Waals surface area contributed by atoms with Crippen molar-refractivity contribution in [3.8, 4) is 0 Å². The number of amides is 2. The topological polar surface area (TPSA) is 61.9 Å². The fourth-order valence-corrected chi connectivity index (χ4v) is 3.26. The van der Waals surface area contributed by atoms with Crippen LogP contribution in [0.15, 0.2) is 18.2 Å². The molecular formula is C18H24FN3O3. The summed E-state index contributed by atoms with van der Waals surface area (Å²) < 4.78 is 19.6. The summed E-state index contributed by atoms with van der Waals surface area (Å²) in [5.74, 6) is -0.992. The number of carbonyl (C=O) groups excluding carboxylic acids is 2. The first kappa shape index (κ1) is 17.7. The second kappa shape index (κ2) is 7.82. The van der Waals surface area contributed by atoms with E-state index in [1.807, 2.05) is 4.90 Å². The van der Waals surface area contributed by atoms with E-state index < -0.39 is 17.8 Å². The lowest BCUT2D eigenvalue weighted by atomic mass is 10.1. The number of nitrogens with one attached hydrogen (secondary N) is 1. The molecule has 2 fully saturated rings. The lowest BCUT2D eigenvalue weighted by Gasteiger charge is -2.29. The maximum absolute atomic E-state index is 14.3. The molecule has 1 atom stereocenters. The van der Waals surface area contributed by atoms with Gasteiger partial charge in [0.25, 0.3) is 5.91 Å². The van der Waals surface area contributed by atoms with Gasteiger partial charge in [0.2, 0.25) is 5.91 Å². The van der Waals surface area contributed by atoms with Crippen LogP contribution in [-0.4, -0.2) is 62.1 Å². The number of hydrogen-bond donors (Lipinski definition) is 1. The molecule has 6 nitrogen and oxygen atoms in total. The van der Waals surface area contributed by atoms with Crippen molar-refractivity contribution in [3.63, 3.8) is 0 Å². The molecule has 2 saturated heterocycles. The highest BCUT2D eigenvalue weighted by Crippen LogP contribution is 2.24. The Hall–Kier alpha value is -2.15. The summed E-state index contributed by atoms with van der Waals surface area (Å²) in [6.45, 7) is 5.40. The molecule has 0 bridgehead atoms. The monoisotopic (exact) mass is 349 g/mol. The van der Waals surface area contributed by atoms with E-state index in [2.05, 4.69) is 5.32 Å². The van der Waals surface area contributed by atoms with Crippen LogP contribution >= 0.6 is 0 Å². The van der Waals surface area contributed by atoms with Crippen LogP contribution in [0.3, 0.4) is 0 Å². The van der Waals surface area contributed by atoms with Crippen molar-refractivity contribution in [1.29, 1.82) is 0 Å². The number of halogens is 1. The van der Waals surface area contributed by atoms with Crippen LogP contribution in [0.4, 0.5) is 10.1 Å². The molecule has 0 aliphatic carbocycles. The Morgan fingerprint density at radius 2 is 1.84 bits per heavy atom. The predicted octanol–water partition coefficient (Wildman–Crippen LogP) is 1.40. The lowest BCUT2D eigenvalue weighted by molar-refractivity contribution is -0.136. The van der Waals surface area contributed by atoms with Gasteiger partial charge in [-0.15, -0.1) is 0 Å². The maximum atomic E-state index is 14.3. The lowest BCUT2D eigenvalue weighted by Crippen LogP contribution is -2.50. The van der Waals surface area contributed by atoms with Gasteiger partial charge in [-0.2, -0.15) is 0 Å². The normalized spacial score (nSPS) is 19.0. The summed E-state index contributed by atoms with van der Waals surface area (Å²) in [5, 5.41) is 2.66. The van der Waals surface area contributed by atoms with Gasteiger partial charge in [0.1, 0.15) is 11.9 Å². The Kier molecular flexibility index (Phi) is 5.53. The summed E-state index contributed by atoms with van der Waals surface area (Å²) in [7, 11) is 0. The van der Waals surface area contributed by atoms with E-state index in [0.29, 0.717) is 32.0 Å². The largest absolute Gasteiger partial charge is 0.378 e. The number of anilines is 1. The smallest absolute Gasteiger partial charge is 0.252 e. The van der Waals surface area contributed by atoms with Crippen molar-refractivity contribution in [2.24, 2.45) is 0 Å². The Morgan fingerprint density at radius 3 is 2.48 bits per heavy atom. The molecule has 1 N–H and O–H groups in total. The zero-order chi connectivity index (χ0) is 17.8. The number of morpholine rings is 1. The molecule has 3 rings (SSSR count). The molecule has 2 aliphatic heterocycles. The van der Waals surface area contributed by atoms with Gasteiger partial charge in [0.15, 0.2) is 0 Å². The van der Waals surface area contributed by atoms with Crippen LogP contribution in [0.1, 0.15) is 30.1 Å². The van der Waals surface area contributed by atoms with Crippen LogP contribution in [0.5, 0.6) is 0 Å². The Labute approximate surface area is 146 Å². The summed E-state index contributed by atoms with van der Waals surface area (Å²) in [4.78, 5) is 28.3. The highest BCUT2D eigenvalue weighted by molar-refractivity contribution is 5.97. The van der Waals surface area contributed by atoms with Gasteiger partial charge in [0.05, 0.1) is 18.9 Å². The molecular weight excluding hydrogens is 325 g/mol. The van der Waals surface area contributed by atoms with E-state index in [1.54, 1.807) is 24.0 Å². The van der Waals surface area contributed by atoms with E-state index >= 15 is 0 Å². The van der Waals surface area contributed by atoms with Gasteiger partial charge in [-0.25, -0.2) is 4.39 Å². The highest BCUT2D eigenvalue weighted by atomic mass is 19.1. The highest BCUT2D eigenvalue weighted by Gasteiger charge is 2.24. The molecule has 0 radical (unpaired) electrons. The third-order valence-corrected chi connectivity index (χ3v) is 4.70. The Balaban J connectivity index is 1.62. The van der Waals surface area contributed by atoms with Crippen molar-refractivity contribution >= 4 is 17.5 Å². The van der Waals surface area contributed by atoms with E-state index in [0.717, 1.165) is 25.9 Å². The van der Waals surface area contributed by atoms with Gasteiger partial charge in [0, 0.05) is 31.7 Å². The van der Waals surface area contributed by atoms with Crippen LogP contribution in [0, 0.1) is 5.82 Å². The molecule has 0 spiro atoms. The third kappa shape index (κ3) is 4.10. The number of benzene rings is 1. The predicted molar refractivity (Wildman–Crippen MR) is 92.2 cm³/mol. The van der Waals surface area contributed by atoms with E-state index in [-0.39, 0.29) is 11.5 Å². The summed E-state index contributed by atoms with van der Waals surface area (Å²) in [5.41, 5.74) is 0.758. The molecule has 136 valence electrons.